The Kier molecular flexibility index (Phi) is 4.82. The number of hydrogen-bond donors (Lipinski definition) is 2. The second kappa shape index (κ2) is 6.89. The molecule has 4 heteroatoms. The minimum absolute atomic E-state index is 0.127. The molecule has 1 amide bonds. The molecule has 0 saturated carbocycles. The number of amides is 1. The quantitative estimate of drug-likeness (QED) is 0.900. The zero-order valence-electron chi connectivity index (χ0n) is 15.0. The molecule has 0 fully saturated rings. The van der Waals surface area contributed by atoms with Crippen molar-refractivity contribution in [1.82, 2.24) is 5.32 Å². The summed E-state index contributed by atoms with van der Waals surface area (Å²) in [5.74, 6) is 0.560. The van der Waals surface area contributed by atoms with E-state index in [4.69, 9.17) is 4.74 Å². The third kappa shape index (κ3) is 3.27. The van der Waals surface area contributed by atoms with Crippen molar-refractivity contribution in [1.29, 1.82) is 0 Å². The molecule has 2 aromatic carbocycles. The van der Waals surface area contributed by atoms with Gasteiger partial charge in [0, 0.05) is 5.56 Å². The summed E-state index contributed by atoms with van der Waals surface area (Å²) in [6.45, 7) is 3.75. The Hall–Kier alpha value is -2.33. The van der Waals surface area contributed by atoms with Crippen LogP contribution in [-0.4, -0.2) is 24.2 Å². The second-order valence-electron chi connectivity index (χ2n) is 7.08. The van der Waals surface area contributed by atoms with Gasteiger partial charge in [0.25, 0.3) is 0 Å². The molecular formula is C21H25NO3. The van der Waals surface area contributed by atoms with Crippen molar-refractivity contribution in [3.63, 3.8) is 0 Å². The first-order valence-electron chi connectivity index (χ1n) is 8.65. The molecule has 25 heavy (non-hydrogen) atoms. The number of methoxy groups -OCH3 is 1. The monoisotopic (exact) mass is 339 g/mol. The molecule has 132 valence electrons. The highest BCUT2D eigenvalue weighted by molar-refractivity contribution is 5.88. The summed E-state index contributed by atoms with van der Waals surface area (Å²) in [5, 5.41) is 13.5. The fraction of sp³-hybridized carbons (Fsp3) is 0.381. The molecule has 1 aliphatic rings. The molecule has 0 spiro atoms. The van der Waals surface area contributed by atoms with Crippen molar-refractivity contribution >= 4 is 5.91 Å². The smallest absolute Gasteiger partial charge is 0.230 e. The topological polar surface area (TPSA) is 58.6 Å². The van der Waals surface area contributed by atoms with Crippen LogP contribution in [-0.2, 0) is 16.6 Å². The Bertz CT molecular complexity index is 769. The van der Waals surface area contributed by atoms with Crippen LogP contribution in [0.15, 0.2) is 48.5 Å². The molecule has 0 saturated heterocycles. The third-order valence-electron chi connectivity index (χ3n) is 5.12. The first kappa shape index (κ1) is 17.5. The van der Waals surface area contributed by atoms with Crippen molar-refractivity contribution in [2.24, 2.45) is 0 Å². The molecule has 1 aliphatic carbocycles. The van der Waals surface area contributed by atoms with Gasteiger partial charge in [-0.3, -0.25) is 4.79 Å². The summed E-state index contributed by atoms with van der Waals surface area (Å²) < 4.78 is 5.42. The number of carbonyl (C=O) groups excluding carboxylic acids is 1. The van der Waals surface area contributed by atoms with Gasteiger partial charge in [-0.1, -0.05) is 42.5 Å². The lowest BCUT2D eigenvalue weighted by Gasteiger charge is -2.34. The van der Waals surface area contributed by atoms with Gasteiger partial charge in [0.15, 0.2) is 0 Å². The molecule has 0 radical (unpaired) electrons. The molecule has 2 N–H and O–H groups in total. The summed E-state index contributed by atoms with van der Waals surface area (Å²) in [6, 6.07) is 15.2. The Morgan fingerprint density at radius 3 is 2.60 bits per heavy atom. The highest BCUT2D eigenvalue weighted by Crippen LogP contribution is 2.34. The first-order chi connectivity index (χ1) is 11.9. The normalized spacial score (nSPS) is 19.8. The number of carbonyl (C=O) groups is 1. The molecule has 2 aromatic rings. The fourth-order valence-corrected chi connectivity index (χ4v) is 3.52. The average molecular weight is 339 g/mol. The molecule has 0 aromatic heterocycles. The van der Waals surface area contributed by atoms with E-state index in [1.54, 1.807) is 7.11 Å². The van der Waals surface area contributed by atoms with Crippen LogP contribution in [0.1, 0.15) is 43.0 Å². The lowest BCUT2D eigenvalue weighted by atomic mass is 9.81. The van der Waals surface area contributed by atoms with Crippen LogP contribution in [0.3, 0.4) is 0 Å². The molecular weight excluding hydrogens is 314 g/mol. The van der Waals surface area contributed by atoms with Gasteiger partial charge < -0.3 is 15.2 Å². The van der Waals surface area contributed by atoms with Gasteiger partial charge in [0.2, 0.25) is 5.91 Å². The van der Waals surface area contributed by atoms with Gasteiger partial charge in [-0.25, -0.2) is 0 Å². The number of aliphatic hydroxyl groups excluding tert-OH is 1. The molecule has 0 unspecified atom stereocenters. The van der Waals surface area contributed by atoms with E-state index < -0.39 is 11.5 Å². The predicted molar refractivity (Wildman–Crippen MR) is 97.7 cm³/mol. The van der Waals surface area contributed by atoms with E-state index in [9.17, 15) is 9.90 Å². The number of aryl methyl sites for hydroxylation is 1. The third-order valence-corrected chi connectivity index (χ3v) is 5.12. The summed E-state index contributed by atoms with van der Waals surface area (Å²) in [4.78, 5) is 13.1. The van der Waals surface area contributed by atoms with E-state index in [2.05, 4.69) is 11.4 Å². The van der Waals surface area contributed by atoms with Crippen molar-refractivity contribution < 1.29 is 14.6 Å². The highest BCUT2D eigenvalue weighted by Gasteiger charge is 2.37. The van der Waals surface area contributed by atoms with Crippen LogP contribution in [0.5, 0.6) is 5.75 Å². The number of fused-ring (bicyclic) bond motifs is 1. The minimum atomic E-state index is -0.779. The first-order valence-corrected chi connectivity index (χ1v) is 8.65. The summed E-state index contributed by atoms with van der Waals surface area (Å²) in [5.41, 5.74) is 2.24. The van der Waals surface area contributed by atoms with E-state index in [1.165, 1.54) is 5.56 Å². The number of benzene rings is 2. The van der Waals surface area contributed by atoms with E-state index in [-0.39, 0.29) is 11.9 Å². The molecule has 0 bridgehead atoms. The van der Waals surface area contributed by atoms with Gasteiger partial charge in [0.1, 0.15) is 5.75 Å². The van der Waals surface area contributed by atoms with E-state index >= 15 is 0 Å². The molecule has 2 atom stereocenters. The van der Waals surface area contributed by atoms with Crippen LogP contribution in [0.25, 0.3) is 0 Å². The van der Waals surface area contributed by atoms with Crippen LogP contribution >= 0.6 is 0 Å². The van der Waals surface area contributed by atoms with Crippen molar-refractivity contribution in [3.8, 4) is 5.75 Å². The lowest BCUT2D eigenvalue weighted by molar-refractivity contribution is -0.127. The van der Waals surface area contributed by atoms with Crippen LogP contribution in [0.4, 0.5) is 0 Å². The number of para-hydroxylation sites is 1. The highest BCUT2D eigenvalue weighted by atomic mass is 16.5. The predicted octanol–water partition coefficient (Wildman–Crippen LogP) is 3.14. The van der Waals surface area contributed by atoms with Gasteiger partial charge in [-0.05, 0) is 43.9 Å². The van der Waals surface area contributed by atoms with Crippen LogP contribution in [0.2, 0.25) is 0 Å². The maximum Gasteiger partial charge on any atom is 0.230 e. The summed E-state index contributed by atoms with van der Waals surface area (Å²) >= 11 is 0. The Labute approximate surface area is 148 Å². The molecule has 0 aliphatic heterocycles. The van der Waals surface area contributed by atoms with E-state index in [0.29, 0.717) is 12.2 Å². The zero-order valence-corrected chi connectivity index (χ0v) is 15.0. The molecule has 3 rings (SSSR count). The second-order valence-corrected chi connectivity index (χ2v) is 7.08. The number of aliphatic hydroxyl groups is 1. The van der Waals surface area contributed by atoms with E-state index in [1.807, 2.05) is 56.3 Å². The number of nitrogens with one attached hydrogen (secondary N) is 1. The fourth-order valence-electron chi connectivity index (χ4n) is 3.52. The van der Waals surface area contributed by atoms with Gasteiger partial charge in [0.05, 0.1) is 24.7 Å². The number of ether oxygens (including phenoxy) is 1. The van der Waals surface area contributed by atoms with Crippen molar-refractivity contribution in [2.45, 2.75) is 44.2 Å². The Morgan fingerprint density at radius 2 is 1.84 bits per heavy atom. The SMILES string of the molecule is COc1ccccc1C(C)(C)C(=O)N[C@H]1c2ccccc2CC[C@H]1O. The standard InChI is InChI=1S/C21H25NO3/c1-21(2,16-10-6-7-11-18(16)25-3)20(24)22-19-15-9-5-4-8-14(15)12-13-17(19)23/h4-11,17,19,23H,12-13H2,1-3H3,(H,22,24)/t17-,19+/m1/s1. The van der Waals surface area contributed by atoms with Gasteiger partial charge in [-0.15, -0.1) is 0 Å². The zero-order chi connectivity index (χ0) is 18.0. The van der Waals surface area contributed by atoms with Gasteiger partial charge >= 0.3 is 0 Å². The maximum atomic E-state index is 13.1. The maximum absolute atomic E-state index is 13.1. The molecule has 0 heterocycles. The Balaban J connectivity index is 1.89. The Morgan fingerprint density at radius 1 is 1.16 bits per heavy atom. The lowest BCUT2D eigenvalue weighted by Crippen LogP contribution is -2.46. The average Bonchev–Trinajstić information content (AvgIpc) is 2.63. The number of rotatable bonds is 4. The largest absolute Gasteiger partial charge is 0.496 e. The van der Waals surface area contributed by atoms with E-state index in [0.717, 1.165) is 17.5 Å². The van der Waals surface area contributed by atoms with Crippen LogP contribution in [0, 0.1) is 0 Å². The minimum Gasteiger partial charge on any atom is -0.496 e. The summed E-state index contributed by atoms with van der Waals surface area (Å²) in [6.07, 6.45) is 0.906. The van der Waals surface area contributed by atoms with Crippen molar-refractivity contribution in [2.75, 3.05) is 7.11 Å². The molecule has 4 nitrogen and oxygen atoms in total. The van der Waals surface area contributed by atoms with Gasteiger partial charge in [-0.2, -0.15) is 0 Å². The number of hydrogen-bond acceptors (Lipinski definition) is 3. The van der Waals surface area contributed by atoms with Crippen LogP contribution < -0.4 is 10.1 Å². The summed E-state index contributed by atoms with van der Waals surface area (Å²) in [7, 11) is 1.61. The van der Waals surface area contributed by atoms with Crippen molar-refractivity contribution in [3.05, 3.63) is 65.2 Å².